The predicted octanol–water partition coefficient (Wildman–Crippen LogP) is 1.26. The molecule has 0 radical (unpaired) electrons. The fourth-order valence-corrected chi connectivity index (χ4v) is 1.13. The summed E-state index contributed by atoms with van der Waals surface area (Å²) < 4.78 is 4.92. The maximum atomic E-state index is 11.0. The Balaban J connectivity index is 1.84. The van der Waals surface area contributed by atoms with Crippen LogP contribution < -0.4 is 10.6 Å². The average Bonchev–Trinajstić information content (AvgIpc) is 2.86. The summed E-state index contributed by atoms with van der Waals surface area (Å²) in [7, 11) is 0. The van der Waals surface area contributed by atoms with Crippen molar-refractivity contribution in [3.8, 4) is 0 Å². The highest BCUT2D eigenvalue weighted by Gasteiger charge is 2.19. The summed E-state index contributed by atoms with van der Waals surface area (Å²) in [5.74, 6) is 0. The molecule has 0 spiro atoms. The van der Waals surface area contributed by atoms with Crippen molar-refractivity contribution in [3.63, 3.8) is 0 Å². The summed E-state index contributed by atoms with van der Waals surface area (Å²) in [6.45, 7) is 5.35. The minimum absolute atomic E-state index is 0.0420. The summed E-state index contributed by atoms with van der Waals surface area (Å²) in [4.78, 5) is 11.0. The van der Waals surface area contributed by atoms with Crippen LogP contribution in [0.5, 0.6) is 0 Å². The Labute approximate surface area is 85.4 Å². The lowest BCUT2D eigenvalue weighted by Gasteiger charge is -2.09. The van der Waals surface area contributed by atoms with E-state index in [1.807, 2.05) is 13.8 Å². The lowest BCUT2D eigenvalue weighted by Crippen LogP contribution is -2.30. The van der Waals surface area contributed by atoms with Gasteiger partial charge in [0.2, 0.25) is 0 Å². The third-order valence-electron chi connectivity index (χ3n) is 1.98. The summed E-state index contributed by atoms with van der Waals surface area (Å²) >= 11 is 0. The van der Waals surface area contributed by atoms with E-state index < -0.39 is 0 Å². The average molecular weight is 200 g/mol. The SMILES string of the molecule is CC(C)OC(=O)NCCCNC1CC1. The first kappa shape index (κ1) is 11.3. The zero-order valence-corrected chi connectivity index (χ0v) is 9.01. The highest BCUT2D eigenvalue weighted by Crippen LogP contribution is 2.18. The molecule has 0 aliphatic heterocycles. The molecule has 2 N–H and O–H groups in total. The van der Waals surface area contributed by atoms with Crippen molar-refractivity contribution in [2.24, 2.45) is 0 Å². The quantitative estimate of drug-likeness (QED) is 0.635. The summed E-state index contributed by atoms with van der Waals surface area (Å²) in [6, 6.07) is 0.748. The molecule has 1 fully saturated rings. The highest BCUT2D eigenvalue weighted by molar-refractivity contribution is 5.67. The van der Waals surface area contributed by atoms with Gasteiger partial charge in [-0.15, -0.1) is 0 Å². The van der Waals surface area contributed by atoms with Crippen molar-refractivity contribution >= 4 is 6.09 Å². The number of carbonyl (C=O) groups is 1. The number of alkyl carbamates (subject to hydrolysis) is 1. The molecule has 1 amide bonds. The van der Waals surface area contributed by atoms with E-state index in [9.17, 15) is 4.79 Å². The standard InChI is InChI=1S/C10H20N2O2/c1-8(2)14-10(13)12-7-3-6-11-9-4-5-9/h8-9,11H,3-7H2,1-2H3,(H,12,13). The molecule has 1 rings (SSSR count). The fraction of sp³-hybridized carbons (Fsp3) is 0.900. The second-order valence-electron chi connectivity index (χ2n) is 3.96. The van der Waals surface area contributed by atoms with Crippen LogP contribution in [0.3, 0.4) is 0 Å². The lowest BCUT2D eigenvalue weighted by atomic mass is 10.4. The smallest absolute Gasteiger partial charge is 0.407 e. The van der Waals surface area contributed by atoms with Crippen molar-refractivity contribution in [1.29, 1.82) is 0 Å². The Morgan fingerprint density at radius 2 is 2.14 bits per heavy atom. The van der Waals surface area contributed by atoms with Crippen molar-refractivity contribution in [2.75, 3.05) is 13.1 Å². The molecule has 14 heavy (non-hydrogen) atoms. The van der Waals surface area contributed by atoms with Gasteiger partial charge in [-0.1, -0.05) is 0 Å². The van der Waals surface area contributed by atoms with Gasteiger partial charge in [0.25, 0.3) is 0 Å². The molecular formula is C10H20N2O2. The van der Waals surface area contributed by atoms with Gasteiger partial charge >= 0.3 is 6.09 Å². The predicted molar refractivity (Wildman–Crippen MR) is 55.3 cm³/mol. The maximum Gasteiger partial charge on any atom is 0.407 e. The molecule has 1 aliphatic carbocycles. The normalized spacial score (nSPS) is 15.6. The molecule has 0 saturated heterocycles. The van der Waals surface area contributed by atoms with E-state index in [1.54, 1.807) is 0 Å². The third-order valence-corrected chi connectivity index (χ3v) is 1.98. The molecule has 0 aromatic rings. The largest absolute Gasteiger partial charge is 0.447 e. The van der Waals surface area contributed by atoms with Crippen LogP contribution in [-0.4, -0.2) is 31.3 Å². The van der Waals surface area contributed by atoms with E-state index in [4.69, 9.17) is 4.74 Å². The van der Waals surface area contributed by atoms with Gasteiger partial charge in [0.1, 0.15) is 0 Å². The first-order chi connectivity index (χ1) is 6.68. The molecule has 0 heterocycles. The second kappa shape index (κ2) is 5.86. The molecule has 4 heteroatoms. The van der Waals surface area contributed by atoms with Crippen LogP contribution in [0.15, 0.2) is 0 Å². The molecule has 0 bridgehead atoms. The third kappa shape index (κ3) is 5.80. The fourth-order valence-electron chi connectivity index (χ4n) is 1.13. The maximum absolute atomic E-state index is 11.0. The van der Waals surface area contributed by atoms with E-state index >= 15 is 0 Å². The Morgan fingerprint density at radius 3 is 2.71 bits per heavy atom. The zero-order chi connectivity index (χ0) is 10.4. The van der Waals surface area contributed by atoms with Gasteiger partial charge in [0.15, 0.2) is 0 Å². The van der Waals surface area contributed by atoms with Crippen LogP contribution >= 0.6 is 0 Å². The molecule has 0 aromatic carbocycles. The lowest BCUT2D eigenvalue weighted by molar-refractivity contribution is 0.115. The van der Waals surface area contributed by atoms with Gasteiger partial charge in [-0.25, -0.2) is 4.79 Å². The van der Waals surface area contributed by atoms with Gasteiger partial charge in [-0.3, -0.25) is 0 Å². The molecule has 1 aliphatic rings. The van der Waals surface area contributed by atoms with Gasteiger partial charge in [-0.2, -0.15) is 0 Å². The molecule has 0 atom stereocenters. The Kier molecular flexibility index (Phi) is 4.73. The minimum atomic E-state index is -0.313. The van der Waals surface area contributed by atoms with Gasteiger partial charge in [-0.05, 0) is 39.7 Å². The number of hydrogen-bond donors (Lipinski definition) is 2. The van der Waals surface area contributed by atoms with Crippen molar-refractivity contribution in [2.45, 2.75) is 45.3 Å². The first-order valence-electron chi connectivity index (χ1n) is 5.36. The molecule has 1 saturated carbocycles. The number of carbonyl (C=O) groups excluding carboxylic acids is 1. The van der Waals surface area contributed by atoms with Crippen LogP contribution in [0, 0.1) is 0 Å². The monoisotopic (exact) mass is 200 g/mol. The van der Waals surface area contributed by atoms with Crippen molar-refractivity contribution in [3.05, 3.63) is 0 Å². The highest BCUT2D eigenvalue weighted by atomic mass is 16.6. The number of rotatable bonds is 6. The van der Waals surface area contributed by atoms with E-state index in [-0.39, 0.29) is 12.2 Å². The topological polar surface area (TPSA) is 50.4 Å². The Morgan fingerprint density at radius 1 is 1.43 bits per heavy atom. The Hall–Kier alpha value is -0.770. The summed E-state index contributed by atoms with van der Waals surface area (Å²) in [5.41, 5.74) is 0. The number of nitrogens with one attached hydrogen (secondary N) is 2. The second-order valence-corrected chi connectivity index (χ2v) is 3.96. The minimum Gasteiger partial charge on any atom is -0.447 e. The molecule has 0 unspecified atom stereocenters. The van der Waals surface area contributed by atoms with Gasteiger partial charge < -0.3 is 15.4 Å². The van der Waals surface area contributed by atoms with Crippen molar-refractivity contribution in [1.82, 2.24) is 10.6 Å². The van der Waals surface area contributed by atoms with Gasteiger partial charge in [0.05, 0.1) is 6.10 Å². The summed E-state index contributed by atoms with van der Waals surface area (Å²) in [6.07, 6.45) is 3.22. The number of amides is 1. The van der Waals surface area contributed by atoms with Crippen molar-refractivity contribution < 1.29 is 9.53 Å². The van der Waals surface area contributed by atoms with E-state index in [1.165, 1.54) is 12.8 Å². The van der Waals surface area contributed by atoms with E-state index in [0.29, 0.717) is 6.54 Å². The van der Waals surface area contributed by atoms with Crippen LogP contribution in [-0.2, 0) is 4.74 Å². The summed E-state index contributed by atoms with van der Waals surface area (Å²) in [5, 5.41) is 6.09. The van der Waals surface area contributed by atoms with E-state index in [0.717, 1.165) is 19.0 Å². The Bertz CT molecular complexity index is 179. The van der Waals surface area contributed by atoms with Crippen LogP contribution in [0.2, 0.25) is 0 Å². The van der Waals surface area contributed by atoms with Gasteiger partial charge in [0, 0.05) is 12.6 Å². The molecule has 4 nitrogen and oxygen atoms in total. The van der Waals surface area contributed by atoms with Crippen LogP contribution in [0.25, 0.3) is 0 Å². The molecule has 82 valence electrons. The molecular weight excluding hydrogens is 180 g/mol. The van der Waals surface area contributed by atoms with Crippen LogP contribution in [0.4, 0.5) is 4.79 Å². The zero-order valence-electron chi connectivity index (χ0n) is 9.01. The first-order valence-corrected chi connectivity index (χ1v) is 5.36. The number of ether oxygens (including phenoxy) is 1. The van der Waals surface area contributed by atoms with E-state index in [2.05, 4.69) is 10.6 Å². The molecule has 0 aromatic heterocycles. The number of hydrogen-bond acceptors (Lipinski definition) is 3. The van der Waals surface area contributed by atoms with Crippen LogP contribution in [0.1, 0.15) is 33.1 Å².